The minimum atomic E-state index is -1.95. The molecule has 0 radical (unpaired) electrons. The third-order valence-corrected chi connectivity index (χ3v) is 13.7. The number of fused-ring (bicyclic) bond motifs is 2. The Morgan fingerprint density at radius 2 is 0.933 bits per heavy atom. The molecule has 10 aromatic rings. The van der Waals surface area contributed by atoms with Crippen molar-refractivity contribution >= 4 is 34.6 Å². The van der Waals surface area contributed by atoms with Crippen molar-refractivity contribution in [2.75, 3.05) is 85.3 Å². The third kappa shape index (κ3) is 9.88. The van der Waals surface area contributed by atoms with Gasteiger partial charge in [-0.1, -0.05) is 24.3 Å². The SMILES string of the molecule is Cn1cc(-c2cc3c(N4CCN(c5ncc(C(CF)c6ccc(F)cc6)cn5)CC4)ncnn3c2)cn1.Cn1cc(-c2cc3c(N4CCN(c5ncc(C(O)(CF)c6ccc(F)cc6)cn5)CC4)ncnn3c2)cn1. The van der Waals surface area contributed by atoms with Gasteiger partial charge in [-0.25, -0.2) is 52.1 Å². The van der Waals surface area contributed by atoms with Gasteiger partial charge in [0.2, 0.25) is 11.9 Å². The lowest BCUT2D eigenvalue weighted by atomic mass is 9.89. The fraction of sp³-hybridized carbons (Fsp3) is 0.269. The molecule has 0 amide bonds. The lowest BCUT2D eigenvalue weighted by molar-refractivity contribution is 0.0511. The van der Waals surface area contributed by atoms with Gasteiger partial charge in [-0.2, -0.15) is 20.4 Å². The van der Waals surface area contributed by atoms with Crippen LogP contribution in [0.3, 0.4) is 0 Å². The van der Waals surface area contributed by atoms with Gasteiger partial charge in [0.1, 0.15) is 54.3 Å². The fourth-order valence-electron chi connectivity index (χ4n) is 9.50. The maximum Gasteiger partial charge on any atom is 0.225 e. The molecule has 0 bridgehead atoms. The molecule has 12 rings (SSSR count). The number of piperazine rings is 2. The molecule has 0 saturated carbocycles. The highest BCUT2D eigenvalue weighted by atomic mass is 19.1. The van der Waals surface area contributed by atoms with E-state index in [1.807, 2.05) is 65.2 Å². The van der Waals surface area contributed by atoms with Crippen molar-refractivity contribution in [3.05, 3.63) is 169 Å². The second kappa shape index (κ2) is 20.6. The highest BCUT2D eigenvalue weighted by molar-refractivity contribution is 5.78. The Hall–Kier alpha value is -8.86. The minimum absolute atomic E-state index is 0.204. The summed E-state index contributed by atoms with van der Waals surface area (Å²) in [6, 6.07) is 15.1. The van der Waals surface area contributed by atoms with Crippen LogP contribution in [0, 0.1) is 11.6 Å². The van der Waals surface area contributed by atoms with Crippen molar-refractivity contribution in [2.45, 2.75) is 11.5 Å². The number of hydrogen-bond acceptors (Lipinski definition) is 15. The van der Waals surface area contributed by atoms with Gasteiger partial charge < -0.3 is 24.7 Å². The van der Waals surface area contributed by atoms with Gasteiger partial charge in [0.25, 0.3) is 0 Å². The zero-order valence-corrected chi connectivity index (χ0v) is 40.9. The van der Waals surface area contributed by atoms with E-state index in [1.54, 1.807) is 46.5 Å². The monoisotopic (exact) mass is 1020 g/mol. The molecule has 2 atom stereocenters. The smallest absolute Gasteiger partial charge is 0.225 e. The molecule has 8 aromatic heterocycles. The van der Waals surface area contributed by atoms with Gasteiger partial charge in [-0.05, 0) is 53.1 Å². The first-order valence-corrected chi connectivity index (χ1v) is 24.2. The zero-order chi connectivity index (χ0) is 51.6. The van der Waals surface area contributed by atoms with Crippen molar-refractivity contribution in [2.24, 2.45) is 14.1 Å². The Balaban J connectivity index is 0.000000161. The summed E-state index contributed by atoms with van der Waals surface area (Å²) in [6.45, 7) is 3.91. The summed E-state index contributed by atoms with van der Waals surface area (Å²) in [6.07, 6.45) is 20.8. The molecule has 19 nitrogen and oxygen atoms in total. The fourth-order valence-corrected chi connectivity index (χ4v) is 9.50. The Kier molecular flexibility index (Phi) is 13.3. The molecule has 10 heterocycles. The van der Waals surface area contributed by atoms with Crippen LogP contribution >= 0.6 is 0 Å². The molecule has 1 N–H and O–H groups in total. The first kappa shape index (κ1) is 48.4. The van der Waals surface area contributed by atoms with Crippen molar-refractivity contribution in [1.82, 2.24) is 68.7 Å². The van der Waals surface area contributed by atoms with E-state index < -0.39 is 30.7 Å². The average Bonchev–Trinajstić information content (AvgIpc) is 4.29. The second-order valence-corrected chi connectivity index (χ2v) is 18.4. The van der Waals surface area contributed by atoms with Gasteiger partial charge in [0.15, 0.2) is 11.6 Å². The maximum atomic E-state index is 14.0. The number of aromatic nitrogens is 14. The van der Waals surface area contributed by atoms with Crippen LogP contribution in [-0.2, 0) is 19.7 Å². The van der Waals surface area contributed by atoms with E-state index in [1.165, 1.54) is 48.8 Å². The van der Waals surface area contributed by atoms with Crippen LogP contribution in [-0.4, -0.2) is 140 Å². The van der Waals surface area contributed by atoms with Crippen molar-refractivity contribution < 1.29 is 22.7 Å². The molecule has 75 heavy (non-hydrogen) atoms. The molecule has 2 saturated heterocycles. The predicted octanol–water partition coefficient (Wildman–Crippen LogP) is 6.08. The van der Waals surface area contributed by atoms with Gasteiger partial charge in [0.05, 0.1) is 12.4 Å². The molecule has 2 unspecified atom stereocenters. The van der Waals surface area contributed by atoms with Crippen molar-refractivity contribution in [3.63, 3.8) is 0 Å². The summed E-state index contributed by atoms with van der Waals surface area (Å²) in [4.78, 5) is 35.6. The molecule has 2 aliphatic heterocycles. The Labute approximate surface area is 427 Å². The molecule has 382 valence electrons. The molecule has 23 heteroatoms. The highest BCUT2D eigenvalue weighted by Crippen LogP contribution is 2.33. The van der Waals surface area contributed by atoms with Crippen LogP contribution < -0.4 is 19.6 Å². The molecule has 0 spiro atoms. The van der Waals surface area contributed by atoms with E-state index in [9.17, 15) is 22.7 Å². The molecule has 2 aromatic carbocycles. The summed E-state index contributed by atoms with van der Waals surface area (Å²) >= 11 is 0. The normalized spacial score (nSPS) is 15.3. The largest absolute Gasteiger partial charge is 0.377 e. The van der Waals surface area contributed by atoms with Gasteiger partial charge in [0, 0.05) is 150 Å². The maximum absolute atomic E-state index is 14.0. The first-order chi connectivity index (χ1) is 36.5. The van der Waals surface area contributed by atoms with Gasteiger partial charge in [-0.15, -0.1) is 0 Å². The molecule has 2 fully saturated rings. The first-order valence-electron chi connectivity index (χ1n) is 24.2. The number of rotatable bonds is 12. The minimum Gasteiger partial charge on any atom is -0.377 e. The molecule has 0 aliphatic carbocycles. The quantitative estimate of drug-likeness (QED) is 0.139. The zero-order valence-electron chi connectivity index (χ0n) is 40.9. The summed E-state index contributed by atoms with van der Waals surface area (Å²) < 4.78 is 61.5. The van der Waals surface area contributed by atoms with Crippen LogP contribution in [0.5, 0.6) is 0 Å². The van der Waals surface area contributed by atoms with Crippen LogP contribution in [0.4, 0.5) is 41.1 Å². The van der Waals surface area contributed by atoms with E-state index in [4.69, 9.17) is 0 Å². The van der Waals surface area contributed by atoms with E-state index in [-0.39, 0.29) is 16.9 Å². The Bertz CT molecular complexity index is 3530. The van der Waals surface area contributed by atoms with Crippen molar-refractivity contribution in [3.8, 4) is 22.3 Å². The second-order valence-electron chi connectivity index (χ2n) is 18.4. The number of alkyl halides is 2. The number of halogens is 4. The number of nitrogens with zero attached hydrogens (tertiary/aromatic N) is 18. The lowest BCUT2D eigenvalue weighted by Gasteiger charge is -2.35. The number of aryl methyl sites for hydroxylation is 2. The highest BCUT2D eigenvalue weighted by Gasteiger charge is 2.33. The topological polar surface area (TPSA) is 181 Å². The number of anilines is 4. The summed E-state index contributed by atoms with van der Waals surface area (Å²) in [7, 11) is 3.78. The van der Waals surface area contributed by atoms with Crippen LogP contribution in [0.2, 0.25) is 0 Å². The molecular weight excluding hydrogens is 969 g/mol. The number of hydrogen-bond donors (Lipinski definition) is 1. The van der Waals surface area contributed by atoms with Crippen LogP contribution in [0.1, 0.15) is 28.2 Å². The van der Waals surface area contributed by atoms with E-state index in [0.717, 1.165) is 71.1 Å². The molecule has 2 aliphatic rings. The van der Waals surface area contributed by atoms with E-state index >= 15 is 0 Å². The standard InChI is InChI=1S/C26H25F2N9O.C26H25F2N9/c1-34-14-19(11-32-34)18-10-23-24(31-17-33-37(23)15-18)35-6-8-36(9-7-35)25-29-12-21(13-30-25)26(38,16-27)20-2-4-22(28)5-3-20;1-34-15-21(14-32-34)19-10-24-25(31-17-33-37(24)16-19)35-6-8-36(9-7-35)26-29-12-20(13-30-26)23(11-27)18-2-4-22(28)5-3-18/h2-5,10-15,17,38H,6-9,16H2,1H3;2-5,10,12-17,23H,6-9,11H2,1H3. The average molecular weight is 1020 g/mol. The summed E-state index contributed by atoms with van der Waals surface area (Å²) in [5, 5.41) is 28.2. The van der Waals surface area contributed by atoms with Gasteiger partial charge >= 0.3 is 0 Å². The third-order valence-electron chi connectivity index (χ3n) is 13.7. The Morgan fingerprint density at radius 1 is 0.493 bits per heavy atom. The van der Waals surface area contributed by atoms with E-state index in [2.05, 4.69) is 77.1 Å². The predicted molar refractivity (Wildman–Crippen MR) is 273 cm³/mol. The van der Waals surface area contributed by atoms with Gasteiger partial charge in [-0.3, -0.25) is 13.8 Å². The van der Waals surface area contributed by atoms with E-state index in [0.29, 0.717) is 49.2 Å². The number of benzene rings is 2. The number of aliphatic hydroxyl groups is 1. The van der Waals surface area contributed by atoms with Crippen LogP contribution in [0.25, 0.3) is 33.3 Å². The van der Waals surface area contributed by atoms with Crippen molar-refractivity contribution in [1.29, 1.82) is 0 Å². The van der Waals surface area contributed by atoms with Crippen LogP contribution in [0.15, 0.2) is 135 Å². The Morgan fingerprint density at radius 3 is 1.36 bits per heavy atom. The summed E-state index contributed by atoms with van der Waals surface area (Å²) in [5.41, 5.74) is 5.78. The molecular formula is C52H50F4N18O. The lowest BCUT2D eigenvalue weighted by Crippen LogP contribution is -2.47. The summed E-state index contributed by atoms with van der Waals surface area (Å²) in [5.74, 6) is 1.49.